The molecule has 2 amide bonds. The summed E-state index contributed by atoms with van der Waals surface area (Å²) in [7, 11) is -0.876. The number of carbonyl (C=O) groups excluding carboxylic acids is 2. The summed E-state index contributed by atoms with van der Waals surface area (Å²) in [6, 6.07) is 11.0. The molecule has 10 heteroatoms. The summed E-state index contributed by atoms with van der Waals surface area (Å²) in [4.78, 5) is 27.2. The largest absolute Gasteiger partial charge is 0.497 e. The van der Waals surface area contributed by atoms with Crippen LogP contribution < -0.4 is 19.5 Å². The van der Waals surface area contributed by atoms with E-state index in [0.717, 1.165) is 0 Å². The molecule has 32 heavy (non-hydrogen) atoms. The molecule has 9 nitrogen and oxygen atoms in total. The smallest absolute Gasteiger partial charge is 0.247 e. The van der Waals surface area contributed by atoms with Crippen LogP contribution in [0.4, 0.5) is 5.69 Å². The number of ether oxygens (including phenoxy) is 2. The maximum Gasteiger partial charge on any atom is 0.247 e. The summed E-state index contributed by atoms with van der Waals surface area (Å²) in [5.41, 5.74) is 0.586. The third-order valence-corrected chi connectivity index (χ3v) is 6.82. The first-order chi connectivity index (χ1) is 15.2. The molecular formula is C22H27N3O6S. The molecule has 0 bridgehead atoms. The van der Waals surface area contributed by atoms with E-state index in [1.165, 1.54) is 43.2 Å². The predicted molar refractivity (Wildman–Crippen MR) is 119 cm³/mol. The number of anilines is 1. The van der Waals surface area contributed by atoms with Gasteiger partial charge < -0.3 is 19.7 Å². The lowest BCUT2D eigenvalue weighted by Gasteiger charge is -2.27. The minimum Gasteiger partial charge on any atom is -0.497 e. The number of hydrogen-bond acceptors (Lipinski definition) is 6. The molecule has 0 aliphatic carbocycles. The van der Waals surface area contributed by atoms with Gasteiger partial charge in [0.15, 0.2) is 0 Å². The Morgan fingerprint density at radius 1 is 1.00 bits per heavy atom. The number of nitrogens with zero attached hydrogens (tertiary/aromatic N) is 1. The lowest BCUT2D eigenvalue weighted by atomic mass is 10.2. The van der Waals surface area contributed by atoms with Gasteiger partial charge in [-0.2, -0.15) is 4.72 Å². The van der Waals surface area contributed by atoms with Crippen molar-refractivity contribution >= 4 is 27.5 Å². The Morgan fingerprint density at radius 2 is 1.56 bits per heavy atom. The topological polar surface area (TPSA) is 114 Å². The summed E-state index contributed by atoms with van der Waals surface area (Å²) < 4.78 is 37.9. The molecule has 2 N–H and O–H groups in total. The van der Waals surface area contributed by atoms with Gasteiger partial charge in [0, 0.05) is 12.2 Å². The van der Waals surface area contributed by atoms with Crippen LogP contribution in [0.1, 0.15) is 19.8 Å². The molecule has 2 atom stereocenters. The summed E-state index contributed by atoms with van der Waals surface area (Å²) >= 11 is 0. The molecule has 1 saturated heterocycles. The standard InChI is InChI=1S/C22H27N3O6S/c1-15(24-32(28,29)19-12-10-18(31-3)11-13-19)22(27)25-14-4-5-20(25)21(26)23-16-6-8-17(30-2)9-7-16/h6-13,15,20,24H,4-5,14H2,1-3H3,(H,23,26)/t15-,20?/m0/s1. The van der Waals surface area contributed by atoms with Crippen LogP contribution in [0.25, 0.3) is 0 Å². The molecule has 1 aliphatic heterocycles. The Morgan fingerprint density at radius 3 is 2.12 bits per heavy atom. The molecule has 0 saturated carbocycles. The van der Waals surface area contributed by atoms with Crippen LogP contribution in [-0.2, 0) is 19.6 Å². The van der Waals surface area contributed by atoms with Crippen molar-refractivity contribution in [1.29, 1.82) is 0 Å². The van der Waals surface area contributed by atoms with E-state index in [0.29, 0.717) is 36.6 Å². The predicted octanol–water partition coefficient (Wildman–Crippen LogP) is 2.00. The molecule has 1 aliphatic rings. The second kappa shape index (κ2) is 10.0. The lowest BCUT2D eigenvalue weighted by Crippen LogP contribution is -2.51. The number of amides is 2. The average molecular weight is 462 g/mol. The fourth-order valence-corrected chi connectivity index (χ4v) is 4.75. The maximum absolute atomic E-state index is 13.0. The van der Waals surface area contributed by atoms with Crippen molar-refractivity contribution in [2.24, 2.45) is 0 Å². The van der Waals surface area contributed by atoms with Crippen LogP contribution in [0.15, 0.2) is 53.4 Å². The molecule has 1 heterocycles. The number of methoxy groups -OCH3 is 2. The molecule has 1 unspecified atom stereocenters. The van der Waals surface area contributed by atoms with E-state index < -0.39 is 28.0 Å². The van der Waals surface area contributed by atoms with Crippen molar-refractivity contribution < 1.29 is 27.5 Å². The first kappa shape index (κ1) is 23.6. The van der Waals surface area contributed by atoms with Gasteiger partial charge in [-0.05, 0) is 68.3 Å². The number of hydrogen-bond donors (Lipinski definition) is 2. The Bertz CT molecular complexity index is 1050. The molecule has 2 aromatic carbocycles. The van der Waals surface area contributed by atoms with Gasteiger partial charge in [0.25, 0.3) is 0 Å². The first-order valence-corrected chi connectivity index (χ1v) is 11.7. The van der Waals surface area contributed by atoms with Crippen LogP contribution in [0.2, 0.25) is 0 Å². The second-order valence-corrected chi connectivity index (χ2v) is 9.14. The molecule has 1 fully saturated rings. The Kier molecular flexibility index (Phi) is 7.37. The minimum atomic E-state index is -3.92. The van der Waals surface area contributed by atoms with E-state index in [1.807, 2.05) is 0 Å². The van der Waals surface area contributed by atoms with Gasteiger partial charge >= 0.3 is 0 Å². The normalized spacial score (nSPS) is 17.0. The van der Waals surface area contributed by atoms with Crippen molar-refractivity contribution in [3.8, 4) is 11.5 Å². The van der Waals surface area contributed by atoms with Crippen LogP contribution in [-0.4, -0.2) is 58.0 Å². The van der Waals surface area contributed by atoms with Gasteiger partial charge in [-0.3, -0.25) is 9.59 Å². The number of carbonyl (C=O) groups is 2. The van der Waals surface area contributed by atoms with Gasteiger partial charge in [-0.1, -0.05) is 0 Å². The Balaban J connectivity index is 1.65. The first-order valence-electron chi connectivity index (χ1n) is 10.2. The van der Waals surface area contributed by atoms with Crippen molar-refractivity contribution in [2.75, 3.05) is 26.1 Å². The van der Waals surface area contributed by atoms with Crippen LogP contribution in [0, 0.1) is 0 Å². The highest BCUT2D eigenvalue weighted by atomic mass is 32.2. The summed E-state index contributed by atoms with van der Waals surface area (Å²) in [5, 5.41) is 2.80. The highest BCUT2D eigenvalue weighted by Crippen LogP contribution is 2.22. The summed E-state index contributed by atoms with van der Waals surface area (Å²) in [6.07, 6.45) is 1.16. The SMILES string of the molecule is COc1ccc(NC(=O)C2CCCN2C(=O)[C@H](C)NS(=O)(=O)c2ccc(OC)cc2)cc1. The molecule has 2 aromatic rings. The van der Waals surface area contributed by atoms with Crippen LogP contribution >= 0.6 is 0 Å². The highest BCUT2D eigenvalue weighted by molar-refractivity contribution is 7.89. The molecular weight excluding hydrogens is 434 g/mol. The third kappa shape index (κ3) is 5.38. The van der Waals surface area contributed by atoms with Gasteiger partial charge in [-0.15, -0.1) is 0 Å². The van der Waals surface area contributed by atoms with Gasteiger partial charge in [0.2, 0.25) is 21.8 Å². The van der Waals surface area contributed by atoms with Crippen LogP contribution in [0.5, 0.6) is 11.5 Å². The monoisotopic (exact) mass is 461 g/mol. The second-order valence-electron chi connectivity index (χ2n) is 7.43. The van der Waals surface area contributed by atoms with E-state index in [-0.39, 0.29) is 10.8 Å². The quantitative estimate of drug-likeness (QED) is 0.622. The van der Waals surface area contributed by atoms with Gasteiger partial charge in [0.05, 0.1) is 25.2 Å². The lowest BCUT2D eigenvalue weighted by molar-refractivity contribution is -0.137. The molecule has 0 spiro atoms. The highest BCUT2D eigenvalue weighted by Gasteiger charge is 2.37. The summed E-state index contributed by atoms with van der Waals surface area (Å²) in [5.74, 6) is 0.426. The van der Waals surface area contributed by atoms with E-state index in [4.69, 9.17) is 9.47 Å². The van der Waals surface area contributed by atoms with Crippen molar-refractivity contribution in [3.63, 3.8) is 0 Å². The van der Waals surface area contributed by atoms with Gasteiger partial charge in [0.1, 0.15) is 17.5 Å². The van der Waals surface area contributed by atoms with Crippen molar-refractivity contribution in [1.82, 2.24) is 9.62 Å². The number of likely N-dealkylation sites (tertiary alicyclic amines) is 1. The van der Waals surface area contributed by atoms with E-state index in [1.54, 1.807) is 31.4 Å². The van der Waals surface area contributed by atoms with Gasteiger partial charge in [-0.25, -0.2) is 8.42 Å². The van der Waals surface area contributed by atoms with E-state index in [9.17, 15) is 18.0 Å². The number of sulfonamides is 1. The zero-order valence-electron chi connectivity index (χ0n) is 18.2. The van der Waals surface area contributed by atoms with Crippen LogP contribution in [0.3, 0.4) is 0 Å². The minimum absolute atomic E-state index is 0.0215. The van der Waals surface area contributed by atoms with Crippen molar-refractivity contribution in [3.05, 3.63) is 48.5 Å². The molecule has 172 valence electrons. The molecule has 3 rings (SSSR count). The summed E-state index contributed by atoms with van der Waals surface area (Å²) in [6.45, 7) is 1.86. The molecule has 0 aromatic heterocycles. The fraction of sp³-hybridized carbons (Fsp3) is 0.364. The van der Waals surface area contributed by atoms with E-state index in [2.05, 4.69) is 10.0 Å². The molecule has 0 radical (unpaired) electrons. The number of nitrogens with one attached hydrogen (secondary N) is 2. The van der Waals surface area contributed by atoms with Crippen molar-refractivity contribution in [2.45, 2.75) is 36.7 Å². The maximum atomic E-state index is 13.0. The number of benzene rings is 2. The average Bonchev–Trinajstić information content (AvgIpc) is 3.29. The Labute approximate surface area is 187 Å². The van der Waals surface area contributed by atoms with E-state index >= 15 is 0 Å². The fourth-order valence-electron chi connectivity index (χ4n) is 3.56. The third-order valence-electron chi connectivity index (χ3n) is 5.27. The Hall–Kier alpha value is -3.11. The zero-order valence-corrected chi connectivity index (χ0v) is 19.0. The zero-order chi connectivity index (χ0) is 23.3. The number of rotatable bonds is 8.